The van der Waals surface area contributed by atoms with E-state index >= 15 is 0 Å². The summed E-state index contributed by atoms with van der Waals surface area (Å²) in [6.07, 6.45) is 3.30. The molecule has 0 saturated heterocycles. The van der Waals surface area contributed by atoms with Gasteiger partial charge in [-0.1, -0.05) is 12.1 Å². The van der Waals surface area contributed by atoms with Gasteiger partial charge in [0.15, 0.2) is 0 Å². The van der Waals surface area contributed by atoms with Crippen LogP contribution in [-0.2, 0) is 11.3 Å². The number of furan rings is 1. The lowest BCUT2D eigenvalue weighted by Gasteiger charge is -2.16. The number of para-hydroxylation sites is 1. The molecule has 106 valence electrons. The topological polar surface area (TPSA) is 71.5 Å². The normalized spacial score (nSPS) is 10.8. The van der Waals surface area contributed by atoms with Crippen molar-refractivity contribution < 1.29 is 9.21 Å². The summed E-state index contributed by atoms with van der Waals surface area (Å²) in [7, 11) is 1.88. The highest BCUT2D eigenvalue weighted by atomic mass is 16.3. The van der Waals surface area contributed by atoms with Gasteiger partial charge in [0.25, 0.3) is 0 Å². The first-order valence-corrected chi connectivity index (χ1v) is 6.41. The zero-order chi connectivity index (χ0) is 14.5. The van der Waals surface area contributed by atoms with Crippen LogP contribution in [-0.4, -0.2) is 24.4 Å². The first-order valence-electron chi connectivity index (χ1n) is 6.41. The summed E-state index contributed by atoms with van der Waals surface area (Å²) in [4.78, 5) is 13.9. The molecule has 0 aliphatic rings. The number of hydrogen-bond acceptors (Lipinski definition) is 4. The first-order chi connectivity index (χ1) is 9.56. The molecule has 0 fully saturated rings. The predicted molar refractivity (Wildman–Crippen MR) is 79.3 cm³/mol. The van der Waals surface area contributed by atoms with Crippen LogP contribution in [0.15, 0.2) is 41.2 Å². The minimum Gasteiger partial charge on any atom is -0.472 e. The van der Waals surface area contributed by atoms with Crippen LogP contribution in [0.2, 0.25) is 0 Å². The van der Waals surface area contributed by atoms with E-state index in [1.165, 1.54) is 0 Å². The Morgan fingerprint density at radius 1 is 1.40 bits per heavy atom. The highest BCUT2D eigenvalue weighted by Gasteiger charge is 2.10. The monoisotopic (exact) mass is 273 g/mol. The lowest BCUT2D eigenvalue weighted by Crippen LogP contribution is -2.30. The number of amides is 1. The Kier molecular flexibility index (Phi) is 4.42. The maximum Gasteiger partial charge on any atom is 0.238 e. The van der Waals surface area contributed by atoms with Gasteiger partial charge in [-0.2, -0.15) is 0 Å². The Labute approximate surface area is 118 Å². The van der Waals surface area contributed by atoms with E-state index in [0.29, 0.717) is 24.5 Å². The number of nitrogens with zero attached hydrogens (tertiary/aromatic N) is 1. The van der Waals surface area contributed by atoms with Crippen LogP contribution in [0.4, 0.5) is 11.4 Å². The molecule has 1 amide bonds. The smallest absolute Gasteiger partial charge is 0.238 e. The van der Waals surface area contributed by atoms with Gasteiger partial charge in [-0.15, -0.1) is 0 Å². The molecule has 1 aromatic heterocycles. The van der Waals surface area contributed by atoms with E-state index in [4.69, 9.17) is 10.2 Å². The maximum absolute atomic E-state index is 12.0. The second-order valence-electron chi connectivity index (χ2n) is 4.89. The van der Waals surface area contributed by atoms with Gasteiger partial charge in [-0.25, -0.2) is 0 Å². The Morgan fingerprint density at radius 2 is 2.20 bits per heavy atom. The molecule has 0 spiro atoms. The lowest BCUT2D eigenvalue weighted by atomic mass is 10.1. The fourth-order valence-electron chi connectivity index (χ4n) is 2.04. The van der Waals surface area contributed by atoms with Crippen molar-refractivity contribution in [2.24, 2.45) is 0 Å². The molecule has 2 rings (SSSR count). The van der Waals surface area contributed by atoms with Crippen LogP contribution < -0.4 is 11.1 Å². The van der Waals surface area contributed by atoms with E-state index in [-0.39, 0.29) is 5.91 Å². The number of likely N-dealkylation sites (N-methyl/N-ethyl adjacent to an activating group) is 1. The van der Waals surface area contributed by atoms with Gasteiger partial charge in [0.05, 0.1) is 30.4 Å². The second kappa shape index (κ2) is 6.25. The molecule has 0 aliphatic heterocycles. The average Bonchev–Trinajstić information content (AvgIpc) is 2.86. The van der Waals surface area contributed by atoms with Gasteiger partial charge in [0, 0.05) is 12.1 Å². The van der Waals surface area contributed by atoms with E-state index in [2.05, 4.69) is 5.32 Å². The molecule has 5 nitrogen and oxygen atoms in total. The molecule has 3 N–H and O–H groups in total. The summed E-state index contributed by atoms with van der Waals surface area (Å²) in [6, 6.07) is 7.44. The maximum atomic E-state index is 12.0. The van der Waals surface area contributed by atoms with Gasteiger partial charge in [-0.3, -0.25) is 9.69 Å². The Hall–Kier alpha value is -2.27. The largest absolute Gasteiger partial charge is 0.472 e. The molecule has 0 aliphatic carbocycles. The summed E-state index contributed by atoms with van der Waals surface area (Å²) in [5.74, 6) is -0.0861. The van der Waals surface area contributed by atoms with Gasteiger partial charge in [0.2, 0.25) is 5.91 Å². The number of rotatable bonds is 5. The van der Waals surface area contributed by atoms with Gasteiger partial charge in [0.1, 0.15) is 0 Å². The second-order valence-corrected chi connectivity index (χ2v) is 4.89. The third-order valence-corrected chi connectivity index (χ3v) is 3.02. The number of nitrogens with one attached hydrogen (secondary N) is 1. The van der Waals surface area contributed by atoms with Gasteiger partial charge < -0.3 is 15.5 Å². The van der Waals surface area contributed by atoms with E-state index in [1.807, 2.05) is 37.1 Å². The van der Waals surface area contributed by atoms with E-state index in [9.17, 15) is 4.79 Å². The van der Waals surface area contributed by atoms with Crippen molar-refractivity contribution >= 4 is 17.3 Å². The van der Waals surface area contributed by atoms with Crippen molar-refractivity contribution in [2.45, 2.75) is 13.5 Å². The summed E-state index contributed by atoms with van der Waals surface area (Å²) >= 11 is 0. The Balaban J connectivity index is 1.92. The van der Waals surface area contributed by atoms with Crippen molar-refractivity contribution in [1.82, 2.24) is 4.90 Å². The number of benzene rings is 1. The molecular formula is C15H19N3O2. The number of nitrogens with two attached hydrogens (primary N) is 1. The fraction of sp³-hybridized carbons (Fsp3) is 0.267. The van der Waals surface area contributed by atoms with Crippen molar-refractivity contribution in [3.8, 4) is 0 Å². The van der Waals surface area contributed by atoms with E-state index < -0.39 is 0 Å². The van der Waals surface area contributed by atoms with Gasteiger partial charge >= 0.3 is 0 Å². The quantitative estimate of drug-likeness (QED) is 0.820. The third kappa shape index (κ3) is 3.61. The first kappa shape index (κ1) is 14.1. The van der Waals surface area contributed by atoms with Crippen LogP contribution >= 0.6 is 0 Å². The summed E-state index contributed by atoms with van der Waals surface area (Å²) < 4.78 is 5.00. The molecule has 2 aromatic rings. The standard InChI is InChI=1S/C15H19N3O2/c1-11-4-3-5-13(16)15(11)17-14(19)9-18(2)8-12-6-7-20-10-12/h3-7,10H,8-9,16H2,1-2H3,(H,17,19). The van der Waals surface area contributed by atoms with Crippen LogP contribution in [0.25, 0.3) is 0 Å². The van der Waals surface area contributed by atoms with E-state index in [0.717, 1.165) is 11.1 Å². The molecule has 0 unspecified atom stereocenters. The highest BCUT2D eigenvalue weighted by molar-refractivity contribution is 5.96. The molecule has 1 aromatic carbocycles. The number of anilines is 2. The fourth-order valence-corrected chi connectivity index (χ4v) is 2.04. The summed E-state index contributed by atoms with van der Waals surface area (Å²) in [5, 5.41) is 2.86. The highest BCUT2D eigenvalue weighted by Crippen LogP contribution is 2.22. The van der Waals surface area contributed by atoms with Crippen LogP contribution in [0.5, 0.6) is 0 Å². The SMILES string of the molecule is Cc1cccc(N)c1NC(=O)CN(C)Cc1ccoc1. The minimum absolute atomic E-state index is 0.0861. The zero-order valence-electron chi connectivity index (χ0n) is 11.7. The average molecular weight is 273 g/mol. The molecule has 0 atom stereocenters. The number of carbonyl (C=O) groups excluding carboxylic acids is 1. The molecular weight excluding hydrogens is 254 g/mol. The third-order valence-electron chi connectivity index (χ3n) is 3.02. The van der Waals surface area contributed by atoms with Crippen molar-refractivity contribution in [3.63, 3.8) is 0 Å². The summed E-state index contributed by atoms with van der Waals surface area (Å²) in [6.45, 7) is 2.87. The summed E-state index contributed by atoms with van der Waals surface area (Å²) in [5.41, 5.74) is 9.13. The van der Waals surface area contributed by atoms with Crippen LogP contribution in [0, 0.1) is 6.92 Å². The van der Waals surface area contributed by atoms with E-state index in [1.54, 1.807) is 18.6 Å². The van der Waals surface area contributed by atoms with Crippen LogP contribution in [0.1, 0.15) is 11.1 Å². The number of hydrogen-bond donors (Lipinski definition) is 2. The number of aryl methyl sites for hydroxylation is 1. The molecule has 5 heteroatoms. The number of carbonyl (C=O) groups is 1. The molecule has 1 heterocycles. The van der Waals surface area contributed by atoms with Gasteiger partial charge in [-0.05, 0) is 31.7 Å². The Bertz CT molecular complexity index is 559. The van der Waals surface area contributed by atoms with Crippen molar-refractivity contribution in [2.75, 3.05) is 24.6 Å². The number of nitrogen functional groups attached to an aromatic ring is 1. The van der Waals surface area contributed by atoms with Crippen molar-refractivity contribution in [3.05, 3.63) is 47.9 Å². The van der Waals surface area contributed by atoms with Crippen LogP contribution in [0.3, 0.4) is 0 Å². The molecule has 0 bridgehead atoms. The molecule has 0 saturated carbocycles. The predicted octanol–water partition coefficient (Wildman–Crippen LogP) is 2.24. The Morgan fingerprint density at radius 3 is 2.85 bits per heavy atom. The molecule has 0 radical (unpaired) electrons. The molecule has 20 heavy (non-hydrogen) atoms. The van der Waals surface area contributed by atoms with Crippen molar-refractivity contribution in [1.29, 1.82) is 0 Å². The minimum atomic E-state index is -0.0861. The lowest BCUT2D eigenvalue weighted by molar-refractivity contribution is -0.117. The zero-order valence-corrected chi connectivity index (χ0v) is 11.7.